The number of nitrogens with zero attached hydrogens (tertiary/aromatic N) is 1. The number of likely N-dealkylation sites (N-methyl/N-ethyl adjacent to an activating group) is 1. The van der Waals surface area contributed by atoms with Gasteiger partial charge in [0.1, 0.15) is 0 Å². The molecule has 0 aliphatic heterocycles. The van der Waals surface area contributed by atoms with E-state index in [2.05, 4.69) is 46.9 Å². The lowest BCUT2D eigenvalue weighted by Crippen LogP contribution is -2.20. The molecular formula is C32H60INO5P-. The fourth-order valence-corrected chi connectivity index (χ4v) is 5.56. The quantitative estimate of drug-likeness (QED) is 0.0495. The number of benzene rings is 1. The topological polar surface area (TPSA) is 71.1 Å². The lowest BCUT2D eigenvalue weighted by Gasteiger charge is -2.23. The first-order valence-electron chi connectivity index (χ1n) is 15.5. The number of hydrogen-bond acceptors (Lipinski definition) is 6. The van der Waals surface area contributed by atoms with Crippen molar-refractivity contribution in [3.63, 3.8) is 0 Å². The highest BCUT2D eigenvalue weighted by molar-refractivity contribution is 14.1. The van der Waals surface area contributed by atoms with Crippen molar-refractivity contribution in [3.05, 3.63) is 33.4 Å². The number of phosphoric acid groups is 1. The van der Waals surface area contributed by atoms with Crippen molar-refractivity contribution >= 4 is 30.4 Å². The van der Waals surface area contributed by atoms with Crippen LogP contribution < -0.4 is 4.89 Å². The molecule has 1 atom stereocenters. The Morgan fingerprint density at radius 2 is 1.07 bits per heavy atom. The zero-order chi connectivity index (χ0) is 28.4. The second-order valence-corrected chi connectivity index (χ2v) is 13.6. The number of ether oxygens (including phenoxy) is 1. The Labute approximate surface area is 261 Å². The van der Waals surface area contributed by atoms with E-state index in [4.69, 9.17) is 13.8 Å². The molecule has 0 spiro atoms. The third-order valence-corrected chi connectivity index (χ3v) is 8.60. The monoisotopic (exact) mass is 696 g/mol. The summed E-state index contributed by atoms with van der Waals surface area (Å²) in [7, 11) is -0.468. The van der Waals surface area contributed by atoms with Crippen molar-refractivity contribution in [2.24, 2.45) is 0 Å². The molecule has 0 radical (unpaired) electrons. The molecule has 0 bridgehead atoms. The van der Waals surface area contributed by atoms with Gasteiger partial charge in [-0.1, -0.05) is 109 Å². The summed E-state index contributed by atoms with van der Waals surface area (Å²) < 4.78 is 28.1. The lowest BCUT2D eigenvalue weighted by atomic mass is 10.0. The second-order valence-electron chi connectivity index (χ2n) is 10.9. The highest BCUT2D eigenvalue weighted by Gasteiger charge is 2.09. The van der Waals surface area contributed by atoms with Crippen LogP contribution in [0.2, 0.25) is 0 Å². The smallest absolute Gasteiger partial charge is 0.267 e. The van der Waals surface area contributed by atoms with Crippen LogP contribution in [0.3, 0.4) is 0 Å². The number of rotatable bonds is 28. The molecule has 0 saturated heterocycles. The molecule has 8 heteroatoms. The van der Waals surface area contributed by atoms with Gasteiger partial charge in [0.2, 0.25) is 0 Å². The van der Waals surface area contributed by atoms with Gasteiger partial charge in [0.05, 0.1) is 13.2 Å². The van der Waals surface area contributed by atoms with Gasteiger partial charge in [0, 0.05) is 23.3 Å². The summed E-state index contributed by atoms with van der Waals surface area (Å²) in [5.74, 6) is 0. The van der Waals surface area contributed by atoms with Gasteiger partial charge in [-0.05, 0) is 80.1 Å². The van der Waals surface area contributed by atoms with E-state index in [0.717, 1.165) is 13.0 Å². The zero-order valence-corrected chi connectivity index (χ0v) is 27.9. The highest BCUT2D eigenvalue weighted by atomic mass is 127. The zero-order valence-electron chi connectivity index (χ0n) is 24.9. The number of halogens is 1. The molecule has 40 heavy (non-hydrogen) atoms. The van der Waals surface area contributed by atoms with Gasteiger partial charge in [-0.25, -0.2) is 0 Å². The van der Waals surface area contributed by atoms with Crippen LogP contribution in [-0.4, -0.2) is 52.0 Å². The number of aryl methyl sites for hydroxylation is 1. The molecule has 0 saturated carbocycles. The van der Waals surface area contributed by atoms with Gasteiger partial charge in [-0.3, -0.25) is 4.57 Å². The molecule has 236 valence electrons. The van der Waals surface area contributed by atoms with Crippen LogP contribution in [0.25, 0.3) is 0 Å². The molecule has 0 fully saturated rings. The molecule has 0 aliphatic rings. The van der Waals surface area contributed by atoms with E-state index >= 15 is 0 Å². The maximum absolute atomic E-state index is 11.6. The molecule has 0 N–H and O–H groups in total. The van der Waals surface area contributed by atoms with E-state index in [1.165, 1.54) is 112 Å². The van der Waals surface area contributed by atoms with Crippen molar-refractivity contribution < 1.29 is 23.2 Å². The van der Waals surface area contributed by atoms with Crippen LogP contribution >= 0.6 is 30.4 Å². The molecule has 0 aliphatic carbocycles. The number of hydrogen-bond donors (Lipinski definition) is 0. The fourth-order valence-electron chi connectivity index (χ4n) is 4.47. The maximum atomic E-state index is 11.6. The third-order valence-electron chi connectivity index (χ3n) is 6.89. The van der Waals surface area contributed by atoms with Crippen LogP contribution in [0.1, 0.15) is 122 Å². The Hall–Kier alpha value is -0.0200. The summed E-state index contributed by atoms with van der Waals surface area (Å²) in [5.41, 5.74) is 1.48. The number of phosphoric ester groups is 1. The summed E-state index contributed by atoms with van der Waals surface area (Å²) in [6.45, 7) is 2.02. The van der Waals surface area contributed by atoms with Crippen molar-refractivity contribution in [3.8, 4) is 0 Å². The summed E-state index contributed by atoms with van der Waals surface area (Å²) in [6.07, 6.45) is 23.3. The van der Waals surface area contributed by atoms with E-state index < -0.39 is 7.82 Å². The molecule has 1 aromatic carbocycles. The van der Waals surface area contributed by atoms with E-state index in [1.807, 2.05) is 19.0 Å². The van der Waals surface area contributed by atoms with Gasteiger partial charge in [-0.15, -0.1) is 0 Å². The van der Waals surface area contributed by atoms with Crippen molar-refractivity contribution in [1.29, 1.82) is 0 Å². The van der Waals surface area contributed by atoms with Crippen molar-refractivity contribution in [2.75, 3.05) is 47.1 Å². The first-order valence-corrected chi connectivity index (χ1v) is 18.0. The van der Waals surface area contributed by atoms with Gasteiger partial charge >= 0.3 is 0 Å². The largest absolute Gasteiger partial charge is 0.756 e. The van der Waals surface area contributed by atoms with E-state index in [-0.39, 0.29) is 20.6 Å². The van der Waals surface area contributed by atoms with Crippen LogP contribution in [0, 0.1) is 3.57 Å². The maximum Gasteiger partial charge on any atom is 0.267 e. The minimum atomic E-state index is -4.19. The average molecular weight is 697 g/mol. The highest BCUT2D eigenvalue weighted by Crippen LogP contribution is 2.37. The molecule has 1 aromatic rings. The van der Waals surface area contributed by atoms with Gasteiger partial charge < -0.3 is 23.6 Å². The van der Waals surface area contributed by atoms with Crippen molar-refractivity contribution in [1.82, 2.24) is 4.90 Å². The van der Waals surface area contributed by atoms with Crippen LogP contribution in [0.4, 0.5) is 0 Å². The van der Waals surface area contributed by atoms with E-state index in [1.54, 1.807) is 0 Å². The fraction of sp³-hybridized carbons (Fsp3) is 0.812. The molecule has 1 rings (SSSR count). The van der Waals surface area contributed by atoms with Crippen LogP contribution in [0.15, 0.2) is 24.3 Å². The van der Waals surface area contributed by atoms with Crippen LogP contribution in [-0.2, 0) is 24.8 Å². The minimum absolute atomic E-state index is 0. The Kier molecular flexibility index (Phi) is 27.8. The molecule has 1 unspecified atom stereocenters. The molecular weight excluding hydrogens is 636 g/mol. The summed E-state index contributed by atoms with van der Waals surface area (Å²) in [5, 5.41) is 0. The van der Waals surface area contributed by atoms with Gasteiger partial charge in [0.25, 0.3) is 7.82 Å². The lowest BCUT2D eigenvalue weighted by molar-refractivity contribution is -0.225. The Bertz CT molecular complexity index is 720. The normalized spacial score (nSPS) is 12.9. The van der Waals surface area contributed by atoms with Gasteiger partial charge in [0.15, 0.2) is 0 Å². The third kappa shape index (κ3) is 26.9. The molecule has 6 nitrogen and oxygen atoms in total. The predicted octanol–water partition coefficient (Wildman–Crippen LogP) is 9.18. The summed E-state index contributed by atoms with van der Waals surface area (Å²) in [6, 6.07) is 8.96. The summed E-state index contributed by atoms with van der Waals surface area (Å²) >= 11 is 2.37. The molecule has 0 amide bonds. The first-order chi connectivity index (χ1) is 18.9. The predicted molar refractivity (Wildman–Crippen MR) is 177 cm³/mol. The van der Waals surface area contributed by atoms with Crippen molar-refractivity contribution in [2.45, 2.75) is 123 Å². The first kappa shape index (κ1) is 40.0. The van der Waals surface area contributed by atoms with E-state index in [0.29, 0.717) is 19.6 Å². The second kappa shape index (κ2) is 27.8. The van der Waals surface area contributed by atoms with E-state index in [9.17, 15) is 9.46 Å². The minimum Gasteiger partial charge on any atom is -0.756 e. The van der Waals surface area contributed by atoms with Gasteiger partial charge in [-0.2, -0.15) is 0 Å². The number of unbranched alkanes of at least 4 members (excludes halogenated alkanes) is 15. The SMILES string of the molecule is C.CN(C)CCOP(=O)([O-])OCCCOCCCCCCCCCCCCCCCCCCc1ccc(I)cc1. The Morgan fingerprint density at radius 1 is 0.650 bits per heavy atom. The standard InChI is InChI=1S/C31H57INO5P.CH4/c1-33(2)25-29-38-39(34,35)37-28-19-27-36-26-18-16-14-12-10-8-6-4-3-5-7-9-11-13-15-17-20-30-21-23-31(32)24-22-30;/h21-24H,3-20,25-29H2,1-2H3,(H,34,35);1H4/p-1. The van der Waals surface area contributed by atoms with Crippen LogP contribution in [0.5, 0.6) is 0 Å². The molecule has 0 heterocycles. The Balaban J connectivity index is 0.0000152. The summed E-state index contributed by atoms with van der Waals surface area (Å²) in [4.78, 5) is 13.4. The molecule has 0 aromatic heterocycles. The average Bonchev–Trinajstić information content (AvgIpc) is 2.89. The Morgan fingerprint density at radius 3 is 1.57 bits per heavy atom.